The van der Waals surface area contributed by atoms with Crippen LogP contribution < -0.4 is 0 Å². The first-order valence-corrected chi connectivity index (χ1v) is 7.18. The molecule has 0 amide bonds. The van der Waals surface area contributed by atoms with Crippen molar-refractivity contribution in [3.63, 3.8) is 0 Å². The second kappa shape index (κ2) is 5.18. The van der Waals surface area contributed by atoms with Gasteiger partial charge in [0.25, 0.3) is 0 Å². The Kier molecular flexibility index (Phi) is 3.39. The molecule has 0 atom stereocenters. The lowest BCUT2D eigenvalue weighted by Crippen LogP contribution is -2.30. The predicted molar refractivity (Wildman–Crippen MR) is 81.3 cm³/mol. The first kappa shape index (κ1) is 12.4. The molecule has 1 heterocycles. The van der Waals surface area contributed by atoms with Crippen LogP contribution in [0, 0.1) is 6.92 Å². The molecule has 0 spiro atoms. The van der Waals surface area contributed by atoms with Gasteiger partial charge in [-0.3, -0.25) is 4.90 Å². The summed E-state index contributed by atoms with van der Waals surface area (Å²) in [5, 5.41) is 0. The Morgan fingerprint density at radius 2 is 1.89 bits per heavy atom. The Balaban J connectivity index is 2.09. The summed E-state index contributed by atoms with van der Waals surface area (Å²) in [6.45, 7) is 7.89. The van der Waals surface area contributed by atoms with Crippen molar-refractivity contribution in [1.82, 2.24) is 4.90 Å². The number of aryl methyl sites for hydroxylation is 1. The largest absolute Gasteiger partial charge is 0.299 e. The van der Waals surface area contributed by atoms with Gasteiger partial charge in [-0.1, -0.05) is 55.0 Å². The molecule has 0 N–H and O–H groups in total. The fourth-order valence-electron chi connectivity index (χ4n) is 3.06. The number of fused-ring (bicyclic) bond motifs is 1. The molecular weight excluding hydrogens is 230 g/mol. The summed E-state index contributed by atoms with van der Waals surface area (Å²) in [6.07, 6.45) is 1.17. The minimum atomic E-state index is 1.10. The number of hydrogen-bond donors (Lipinski definition) is 0. The van der Waals surface area contributed by atoms with E-state index in [9.17, 15) is 0 Å². The van der Waals surface area contributed by atoms with Crippen LogP contribution in [0.1, 0.15) is 23.6 Å². The van der Waals surface area contributed by atoms with E-state index in [1.54, 1.807) is 5.56 Å². The number of hydrogen-bond acceptors (Lipinski definition) is 1. The number of rotatable bonds is 2. The third-order valence-corrected chi connectivity index (χ3v) is 4.09. The fourth-order valence-corrected chi connectivity index (χ4v) is 3.06. The molecule has 0 bridgehead atoms. The Labute approximate surface area is 115 Å². The molecule has 1 aliphatic heterocycles. The molecule has 2 aromatic rings. The van der Waals surface area contributed by atoms with Crippen LogP contribution in [0.25, 0.3) is 11.1 Å². The second-order valence-corrected chi connectivity index (χ2v) is 5.43. The highest BCUT2D eigenvalue weighted by Gasteiger charge is 2.18. The van der Waals surface area contributed by atoms with Crippen LogP contribution >= 0.6 is 0 Å². The van der Waals surface area contributed by atoms with Crippen LogP contribution in [-0.4, -0.2) is 18.0 Å². The van der Waals surface area contributed by atoms with Gasteiger partial charge in [0.15, 0.2) is 0 Å². The van der Waals surface area contributed by atoms with Crippen LogP contribution in [-0.2, 0) is 13.0 Å². The lowest BCUT2D eigenvalue weighted by atomic mass is 9.89. The Morgan fingerprint density at radius 1 is 1.11 bits per heavy atom. The zero-order chi connectivity index (χ0) is 13.2. The van der Waals surface area contributed by atoms with Gasteiger partial charge in [-0.25, -0.2) is 0 Å². The van der Waals surface area contributed by atoms with Crippen LogP contribution in [0.2, 0.25) is 0 Å². The standard InChI is InChI=1S/C18H21N/c1-3-19-10-9-17-16(13-19)11-14(2)12-18(17)15-7-5-4-6-8-15/h4-8,11-12H,3,9-10,13H2,1-2H3. The van der Waals surface area contributed by atoms with Gasteiger partial charge in [0.05, 0.1) is 0 Å². The summed E-state index contributed by atoms with van der Waals surface area (Å²) in [5.74, 6) is 0. The Bertz CT molecular complexity index is 572. The fraction of sp³-hybridized carbons (Fsp3) is 0.333. The summed E-state index contributed by atoms with van der Waals surface area (Å²) in [7, 11) is 0. The maximum absolute atomic E-state index is 2.52. The minimum absolute atomic E-state index is 1.10. The quantitative estimate of drug-likeness (QED) is 0.778. The monoisotopic (exact) mass is 251 g/mol. The molecule has 1 nitrogen and oxygen atoms in total. The normalized spacial score (nSPS) is 15.3. The zero-order valence-corrected chi connectivity index (χ0v) is 11.8. The van der Waals surface area contributed by atoms with Crippen molar-refractivity contribution in [1.29, 1.82) is 0 Å². The molecule has 19 heavy (non-hydrogen) atoms. The topological polar surface area (TPSA) is 3.24 Å². The Morgan fingerprint density at radius 3 is 2.63 bits per heavy atom. The van der Waals surface area contributed by atoms with Crippen molar-refractivity contribution in [3.05, 3.63) is 59.2 Å². The van der Waals surface area contributed by atoms with Crippen molar-refractivity contribution >= 4 is 0 Å². The summed E-state index contributed by atoms with van der Waals surface area (Å²) in [5.41, 5.74) is 7.24. The molecular formula is C18H21N. The summed E-state index contributed by atoms with van der Waals surface area (Å²) in [4.78, 5) is 2.52. The first-order valence-electron chi connectivity index (χ1n) is 7.18. The molecule has 3 rings (SSSR count). The van der Waals surface area contributed by atoms with Crippen LogP contribution in [0.4, 0.5) is 0 Å². The Hall–Kier alpha value is -1.60. The average molecular weight is 251 g/mol. The highest BCUT2D eigenvalue weighted by Crippen LogP contribution is 2.31. The van der Waals surface area contributed by atoms with Gasteiger partial charge in [0.2, 0.25) is 0 Å². The van der Waals surface area contributed by atoms with Gasteiger partial charge in [-0.2, -0.15) is 0 Å². The van der Waals surface area contributed by atoms with Gasteiger partial charge in [0.1, 0.15) is 0 Å². The van der Waals surface area contributed by atoms with Crippen molar-refractivity contribution in [2.75, 3.05) is 13.1 Å². The van der Waals surface area contributed by atoms with Gasteiger partial charge in [-0.05, 0) is 42.1 Å². The highest BCUT2D eigenvalue weighted by atomic mass is 15.1. The van der Waals surface area contributed by atoms with Crippen LogP contribution in [0.3, 0.4) is 0 Å². The van der Waals surface area contributed by atoms with E-state index in [1.807, 2.05) is 0 Å². The van der Waals surface area contributed by atoms with Gasteiger partial charge in [-0.15, -0.1) is 0 Å². The second-order valence-electron chi connectivity index (χ2n) is 5.43. The van der Waals surface area contributed by atoms with E-state index in [0.29, 0.717) is 0 Å². The van der Waals surface area contributed by atoms with Gasteiger partial charge < -0.3 is 0 Å². The molecule has 0 aromatic heterocycles. The predicted octanol–water partition coefficient (Wildman–Crippen LogP) is 4.04. The number of likely N-dealkylation sites (N-methyl/N-ethyl adjacent to an activating group) is 1. The van der Waals surface area contributed by atoms with E-state index in [4.69, 9.17) is 0 Å². The average Bonchev–Trinajstić information content (AvgIpc) is 2.46. The van der Waals surface area contributed by atoms with Gasteiger partial charge >= 0.3 is 0 Å². The number of benzene rings is 2. The lowest BCUT2D eigenvalue weighted by molar-refractivity contribution is 0.268. The van der Waals surface area contributed by atoms with Gasteiger partial charge in [0, 0.05) is 13.1 Å². The van der Waals surface area contributed by atoms with E-state index in [2.05, 4.69) is 61.2 Å². The summed E-state index contributed by atoms with van der Waals surface area (Å²) < 4.78 is 0. The van der Waals surface area contributed by atoms with E-state index in [0.717, 1.165) is 13.1 Å². The van der Waals surface area contributed by atoms with Crippen LogP contribution in [0.15, 0.2) is 42.5 Å². The minimum Gasteiger partial charge on any atom is -0.299 e. The molecule has 0 fully saturated rings. The van der Waals surface area contributed by atoms with Crippen molar-refractivity contribution in [2.24, 2.45) is 0 Å². The third kappa shape index (κ3) is 2.43. The summed E-state index contributed by atoms with van der Waals surface area (Å²) >= 11 is 0. The molecule has 0 saturated carbocycles. The van der Waals surface area contributed by atoms with E-state index >= 15 is 0 Å². The van der Waals surface area contributed by atoms with E-state index < -0.39 is 0 Å². The smallest absolute Gasteiger partial charge is 0.0236 e. The molecule has 98 valence electrons. The number of nitrogens with zero attached hydrogens (tertiary/aromatic N) is 1. The molecule has 0 radical (unpaired) electrons. The summed E-state index contributed by atoms with van der Waals surface area (Å²) in [6, 6.07) is 15.5. The van der Waals surface area contributed by atoms with Crippen LogP contribution in [0.5, 0.6) is 0 Å². The van der Waals surface area contributed by atoms with Crippen molar-refractivity contribution < 1.29 is 0 Å². The maximum Gasteiger partial charge on any atom is 0.0236 e. The molecule has 0 unspecified atom stereocenters. The first-order chi connectivity index (χ1) is 9.28. The molecule has 0 saturated heterocycles. The van der Waals surface area contributed by atoms with Crippen molar-refractivity contribution in [3.8, 4) is 11.1 Å². The lowest BCUT2D eigenvalue weighted by Gasteiger charge is -2.29. The molecule has 2 aromatic carbocycles. The maximum atomic E-state index is 2.52. The molecule has 1 aliphatic rings. The zero-order valence-electron chi connectivity index (χ0n) is 11.8. The van der Waals surface area contributed by atoms with E-state index in [1.165, 1.54) is 35.2 Å². The highest BCUT2D eigenvalue weighted by molar-refractivity contribution is 5.70. The van der Waals surface area contributed by atoms with Crippen molar-refractivity contribution in [2.45, 2.75) is 26.8 Å². The third-order valence-electron chi connectivity index (χ3n) is 4.09. The molecule has 0 aliphatic carbocycles. The van der Waals surface area contributed by atoms with E-state index in [-0.39, 0.29) is 0 Å². The SMILES string of the molecule is CCN1CCc2c(cc(C)cc2-c2ccccc2)C1. The molecule has 1 heteroatoms.